The standard InChI is InChI=1S/C24H26N4O3/c1-5-31-18-11-9-16(10-12-18)20-19-15(3)27-28(4)22(19)26-24(30)21(20)25-23(29)17-8-6-7-14(2)13-17/h6-13,20-21H,5H2,1-4H3,(H,25,29)(H,26,30). The Kier molecular flexibility index (Phi) is 5.50. The third kappa shape index (κ3) is 3.91. The van der Waals surface area contributed by atoms with Crippen LogP contribution >= 0.6 is 0 Å². The fourth-order valence-corrected chi connectivity index (χ4v) is 4.16. The van der Waals surface area contributed by atoms with E-state index in [-0.39, 0.29) is 17.7 Å². The minimum Gasteiger partial charge on any atom is -0.494 e. The summed E-state index contributed by atoms with van der Waals surface area (Å²) in [5, 5.41) is 10.4. The zero-order chi connectivity index (χ0) is 22.1. The molecule has 1 aromatic heterocycles. The molecule has 4 rings (SSSR count). The molecule has 0 saturated carbocycles. The van der Waals surface area contributed by atoms with Crippen LogP contribution in [0.15, 0.2) is 48.5 Å². The van der Waals surface area contributed by atoms with E-state index in [1.807, 2.05) is 63.2 Å². The molecule has 1 aliphatic heterocycles. The minimum atomic E-state index is -0.777. The molecule has 2 N–H and O–H groups in total. The number of benzene rings is 2. The van der Waals surface area contributed by atoms with Gasteiger partial charge in [0.15, 0.2) is 0 Å². The molecule has 31 heavy (non-hydrogen) atoms. The molecule has 2 amide bonds. The fourth-order valence-electron chi connectivity index (χ4n) is 4.16. The number of amides is 2. The maximum atomic E-state index is 13.1. The summed E-state index contributed by atoms with van der Waals surface area (Å²) in [5.74, 6) is 0.486. The summed E-state index contributed by atoms with van der Waals surface area (Å²) in [6.45, 7) is 6.35. The highest BCUT2D eigenvalue weighted by Crippen LogP contribution is 2.39. The summed E-state index contributed by atoms with van der Waals surface area (Å²) in [6.07, 6.45) is 0. The number of anilines is 1. The van der Waals surface area contributed by atoms with Crippen LogP contribution in [0.5, 0.6) is 5.75 Å². The second-order valence-electron chi connectivity index (χ2n) is 7.76. The first-order valence-corrected chi connectivity index (χ1v) is 10.3. The summed E-state index contributed by atoms with van der Waals surface area (Å²) < 4.78 is 7.23. The first kappa shape index (κ1) is 20.7. The summed E-state index contributed by atoms with van der Waals surface area (Å²) in [6, 6.07) is 14.2. The number of rotatable bonds is 5. The number of ether oxygens (including phenoxy) is 1. The van der Waals surface area contributed by atoms with Gasteiger partial charge in [-0.05, 0) is 50.6 Å². The molecule has 0 bridgehead atoms. The summed E-state index contributed by atoms with van der Waals surface area (Å²) in [5.41, 5.74) is 4.12. The van der Waals surface area contributed by atoms with Crippen molar-refractivity contribution >= 4 is 17.6 Å². The van der Waals surface area contributed by atoms with Crippen LogP contribution in [0.25, 0.3) is 0 Å². The molecule has 1 aliphatic rings. The number of nitrogens with zero attached hydrogens (tertiary/aromatic N) is 2. The average molecular weight is 418 g/mol. The summed E-state index contributed by atoms with van der Waals surface area (Å²) in [4.78, 5) is 26.1. The monoisotopic (exact) mass is 418 g/mol. The molecule has 0 fully saturated rings. The predicted molar refractivity (Wildman–Crippen MR) is 118 cm³/mol. The van der Waals surface area contributed by atoms with Crippen LogP contribution < -0.4 is 15.4 Å². The number of nitrogens with one attached hydrogen (secondary N) is 2. The lowest BCUT2D eigenvalue weighted by Crippen LogP contribution is -2.50. The van der Waals surface area contributed by atoms with Gasteiger partial charge in [-0.1, -0.05) is 29.8 Å². The van der Waals surface area contributed by atoms with E-state index in [2.05, 4.69) is 15.7 Å². The minimum absolute atomic E-state index is 0.268. The first-order valence-electron chi connectivity index (χ1n) is 10.3. The van der Waals surface area contributed by atoms with Gasteiger partial charge in [-0.25, -0.2) is 0 Å². The van der Waals surface area contributed by atoms with E-state index in [1.165, 1.54) is 0 Å². The van der Waals surface area contributed by atoms with Gasteiger partial charge >= 0.3 is 0 Å². The lowest BCUT2D eigenvalue weighted by Gasteiger charge is -2.32. The quantitative estimate of drug-likeness (QED) is 0.666. The third-order valence-electron chi connectivity index (χ3n) is 5.55. The Bertz CT molecular complexity index is 1130. The number of aryl methyl sites for hydroxylation is 3. The van der Waals surface area contributed by atoms with Crippen molar-refractivity contribution < 1.29 is 14.3 Å². The maximum Gasteiger partial charge on any atom is 0.251 e. The van der Waals surface area contributed by atoms with Gasteiger partial charge < -0.3 is 15.4 Å². The number of carbonyl (C=O) groups is 2. The van der Waals surface area contributed by atoms with Gasteiger partial charge in [0.05, 0.1) is 12.3 Å². The number of fused-ring (bicyclic) bond motifs is 1. The molecule has 2 aromatic carbocycles. The maximum absolute atomic E-state index is 13.1. The van der Waals surface area contributed by atoms with Crippen LogP contribution in [-0.2, 0) is 11.8 Å². The van der Waals surface area contributed by atoms with Crippen molar-refractivity contribution in [2.24, 2.45) is 7.05 Å². The molecular weight excluding hydrogens is 392 g/mol. The molecule has 7 nitrogen and oxygen atoms in total. The lowest BCUT2D eigenvalue weighted by atomic mass is 9.82. The fraction of sp³-hybridized carbons (Fsp3) is 0.292. The molecule has 0 radical (unpaired) electrons. The largest absolute Gasteiger partial charge is 0.494 e. The normalized spacial score (nSPS) is 17.6. The first-order chi connectivity index (χ1) is 14.9. The topological polar surface area (TPSA) is 85.2 Å². The number of hydrogen-bond acceptors (Lipinski definition) is 4. The molecule has 0 aliphatic carbocycles. The molecule has 7 heteroatoms. The second-order valence-corrected chi connectivity index (χ2v) is 7.76. The number of hydrogen-bond donors (Lipinski definition) is 2. The highest BCUT2D eigenvalue weighted by molar-refractivity contribution is 6.04. The van der Waals surface area contributed by atoms with E-state index < -0.39 is 6.04 Å². The third-order valence-corrected chi connectivity index (χ3v) is 5.55. The number of carbonyl (C=O) groups excluding carboxylic acids is 2. The van der Waals surface area contributed by atoms with E-state index in [0.29, 0.717) is 18.0 Å². The Morgan fingerprint density at radius 3 is 2.61 bits per heavy atom. The average Bonchev–Trinajstić information content (AvgIpc) is 3.02. The van der Waals surface area contributed by atoms with Crippen molar-refractivity contribution in [3.63, 3.8) is 0 Å². The zero-order valence-corrected chi connectivity index (χ0v) is 18.1. The molecule has 2 unspecified atom stereocenters. The smallest absolute Gasteiger partial charge is 0.251 e. The Morgan fingerprint density at radius 2 is 1.94 bits per heavy atom. The van der Waals surface area contributed by atoms with Crippen molar-refractivity contribution in [2.45, 2.75) is 32.7 Å². The predicted octanol–water partition coefficient (Wildman–Crippen LogP) is 3.32. The molecule has 160 valence electrons. The SMILES string of the molecule is CCOc1ccc(C2c3c(C)nn(C)c3NC(=O)C2NC(=O)c2cccc(C)c2)cc1. The van der Waals surface area contributed by atoms with Gasteiger partial charge in [-0.15, -0.1) is 0 Å². The Labute approximate surface area is 181 Å². The molecule has 0 saturated heterocycles. The van der Waals surface area contributed by atoms with Gasteiger partial charge in [0.1, 0.15) is 17.6 Å². The van der Waals surface area contributed by atoms with Gasteiger partial charge in [-0.3, -0.25) is 14.3 Å². The van der Waals surface area contributed by atoms with Crippen LogP contribution in [0, 0.1) is 13.8 Å². The zero-order valence-electron chi connectivity index (χ0n) is 18.1. The molecule has 3 aromatic rings. The van der Waals surface area contributed by atoms with Gasteiger partial charge in [0.25, 0.3) is 5.91 Å². The molecular formula is C24H26N4O3. The molecule has 2 heterocycles. The van der Waals surface area contributed by atoms with E-state index in [1.54, 1.807) is 17.8 Å². The van der Waals surface area contributed by atoms with E-state index >= 15 is 0 Å². The van der Waals surface area contributed by atoms with E-state index in [0.717, 1.165) is 28.1 Å². The van der Waals surface area contributed by atoms with Crippen molar-refractivity contribution in [1.82, 2.24) is 15.1 Å². The van der Waals surface area contributed by atoms with Crippen molar-refractivity contribution in [2.75, 3.05) is 11.9 Å². The number of aromatic nitrogens is 2. The van der Waals surface area contributed by atoms with Crippen LogP contribution in [0.1, 0.15) is 45.6 Å². The Morgan fingerprint density at radius 1 is 1.19 bits per heavy atom. The summed E-state index contributed by atoms with van der Waals surface area (Å²) >= 11 is 0. The van der Waals surface area contributed by atoms with Crippen LogP contribution in [0.4, 0.5) is 5.82 Å². The Balaban J connectivity index is 1.75. The molecule has 0 spiro atoms. The van der Waals surface area contributed by atoms with Crippen molar-refractivity contribution in [3.8, 4) is 5.75 Å². The van der Waals surface area contributed by atoms with E-state index in [9.17, 15) is 9.59 Å². The van der Waals surface area contributed by atoms with Gasteiger partial charge in [0.2, 0.25) is 5.91 Å². The Hall–Kier alpha value is -3.61. The van der Waals surface area contributed by atoms with E-state index in [4.69, 9.17) is 4.74 Å². The molecule has 2 atom stereocenters. The van der Waals surface area contributed by atoms with Gasteiger partial charge in [0, 0.05) is 24.1 Å². The van der Waals surface area contributed by atoms with Crippen molar-refractivity contribution in [3.05, 3.63) is 76.5 Å². The highest BCUT2D eigenvalue weighted by Gasteiger charge is 2.41. The van der Waals surface area contributed by atoms with Crippen LogP contribution in [0.3, 0.4) is 0 Å². The summed E-state index contributed by atoms with van der Waals surface area (Å²) in [7, 11) is 1.80. The van der Waals surface area contributed by atoms with Crippen LogP contribution in [0.2, 0.25) is 0 Å². The van der Waals surface area contributed by atoms with Crippen molar-refractivity contribution in [1.29, 1.82) is 0 Å². The van der Waals surface area contributed by atoms with Gasteiger partial charge in [-0.2, -0.15) is 5.10 Å². The second kappa shape index (κ2) is 8.26. The van der Waals surface area contributed by atoms with Crippen LogP contribution in [-0.4, -0.2) is 34.2 Å². The highest BCUT2D eigenvalue weighted by atomic mass is 16.5. The lowest BCUT2D eigenvalue weighted by molar-refractivity contribution is -0.118.